The molecule has 0 amide bonds. The van der Waals surface area contributed by atoms with Crippen molar-refractivity contribution in [1.82, 2.24) is 4.72 Å². The van der Waals surface area contributed by atoms with Gasteiger partial charge in [0.1, 0.15) is 0 Å². The number of benzene rings is 1. The fraction of sp³-hybridized carbons (Fsp3) is 0.300. The second-order valence-electron chi connectivity index (χ2n) is 3.90. The zero-order valence-corrected chi connectivity index (χ0v) is 11.6. The lowest BCUT2D eigenvalue weighted by Gasteiger charge is -2.32. The Bertz CT molecular complexity index is 558. The van der Waals surface area contributed by atoms with Gasteiger partial charge in [0, 0.05) is 17.6 Å². The van der Waals surface area contributed by atoms with Gasteiger partial charge in [-0.15, -0.1) is 0 Å². The molecule has 0 aromatic heterocycles. The largest absolute Gasteiger partial charge is 0.481 e. The van der Waals surface area contributed by atoms with E-state index >= 15 is 0 Å². The van der Waals surface area contributed by atoms with E-state index in [0.717, 1.165) is 8.78 Å². The summed E-state index contributed by atoms with van der Waals surface area (Å²) in [5.41, 5.74) is 0.441. The third-order valence-corrected chi connectivity index (χ3v) is 4.65. The minimum Gasteiger partial charge on any atom is -0.481 e. The van der Waals surface area contributed by atoms with Crippen LogP contribution in [0.1, 0.15) is 0 Å². The summed E-state index contributed by atoms with van der Waals surface area (Å²) < 4.78 is 27.8. The van der Waals surface area contributed by atoms with E-state index in [1.54, 1.807) is 24.3 Å². The predicted octanol–water partition coefficient (Wildman–Crippen LogP) is 0.804. The van der Waals surface area contributed by atoms with Gasteiger partial charge in [-0.3, -0.25) is 9.10 Å². The van der Waals surface area contributed by atoms with Gasteiger partial charge in [-0.05, 0) is 24.3 Å². The highest BCUT2D eigenvalue weighted by molar-refractivity contribution is 9.10. The molecule has 1 aliphatic heterocycles. The van der Waals surface area contributed by atoms with Gasteiger partial charge in [-0.2, -0.15) is 13.1 Å². The van der Waals surface area contributed by atoms with Gasteiger partial charge < -0.3 is 5.11 Å². The van der Waals surface area contributed by atoms with Crippen LogP contribution >= 0.6 is 15.9 Å². The number of aliphatic carboxylic acids is 1. The highest BCUT2D eigenvalue weighted by Gasteiger charge is 2.34. The van der Waals surface area contributed by atoms with Crippen LogP contribution in [0.2, 0.25) is 0 Å². The molecule has 18 heavy (non-hydrogen) atoms. The number of nitrogens with one attached hydrogen (secondary N) is 1. The molecule has 1 unspecified atom stereocenters. The monoisotopic (exact) mass is 334 g/mol. The molecular formula is C10H11BrN2O4S. The summed E-state index contributed by atoms with van der Waals surface area (Å²) in [7, 11) is -3.65. The molecule has 0 radical (unpaired) electrons. The summed E-state index contributed by atoms with van der Waals surface area (Å²) in [5.74, 6) is -1.77. The smallest absolute Gasteiger partial charge is 0.309 e. The van der Waals surface area contributed by atoms with Crippen LogP contribution in [0.3, 0.4) is 0 Å². The van der Waals surface area contributed by atoms with Crippen LogP contribution in [-0.2, 0) is 15.0 Å². The Morgan fingerprint density at radius 2 is 2.00 bits per heavy atom. The Morgan fingerprint density at radius 3 is 2.56 bits per heavy atom. The van der Waals surface area contributed by atoms with E-state index in [9.17, 15) is 13.2 Å². The van der Waals surface area contributed by atoms with Gasteiger partial charge in [-0.25, -0.2) is 0 Å². The SMILES string of the molecule is O=C(O)C1CNS(=O)(=O)N(c2ccc(Br)cc2)C1. The van der Waals surface area contributed by atoms with E-state index in [2.05, 4.69) is 20.7 Å². The summed E-state index contributed by atoms with van der Waals surface area (Å²) in [5, 5.41) is 8.95. The summed E-state index contributed by atoms with van der Waals surface area (Å²) >= 11 is 3.26. The van der Waals surface area contributed by atoms with Crippen molar-refractivity contribution in [2.45, 2.75) is 0 Å². The minimum atomic E-state index is -3.65. The standard InChI is InChI=1S/C10H11BrN2O4S/c11-8-1-3-9(4-2-8)13-6-7(10(14)15)5-12-18(13,16)17/h1-4,7,12H,5-6H2,(H,14,15). The molecule has 2 N–H and O–H groups in total. The summed E-state index contributed by atoms with van der Waals surface area (Å²) in [6.07, 6.45) is 0. The van der Waals surface area contributed by atoms with Crippen LogP contribution in [0.5, 0.6) is 0 Å². The number of halogens is 1. The first-order valence-electron chi connectivity index (χ1n) is 5.16. The molecule has 98 valence electrons. The topological polar surface area (TPSA) is 86.7 Å². The first-order valence-corrected chi connectivity index (χ1v) is 7.39. The van der Waals surface area contributed by atoms with Gasteiger partial charge in [0.05, 0.1) is 11.6 Å². The lowest BCUT2D eigenvalue weighted by molar-refractivity contribution is -0.141. The van der Waals surface area contributed by atoms with E-state index < -0.39 is 22.1 Å². The lowest BCUT2D eigenvalue weighted by Crippen LogP contribution is -2.53. The van der Waals surface area contributed by atoms with Crippen LogP contribution < -0.4 is 9.03 Å². The quantitative estimate of drug-likeness (QED) is 0.837. The Morgan fingerprint density at radius 1 is 1.39 bits per heavy atom. The van der Waals surface area contributed by atoms with Gasteiger partial charge >= 0.3 is 16.2 Å². The Kier molecular flexibility index (Phi) is 3.60. The number of nitrogens with zero attached hydrogens (tertiary/aromatic N) is 1. The first-order chi connectivity index (χ1) is 8.40. The maximum absolute atomic E-state index is 11.8. The molecule has 0 aliphatic carbocycles. The maximum atomic E-state index is 11.8. The van der Waals surface area contributed by atoms with Crippen molar-refractivity contribution in [1.29, 1.82) is 0 Å². The molecule has 1 saturated heterocycles. The second-order valence-corrected chi connectivity index (χ2v) is 6.49. The molecule has 8 heteroatoms. The van der Waals surface area contributed by atoms with Crippen LogP contribution in [0, 0.1) is 5.92 Å². The van der Waals surface area contributed by atoms with Gasteiger partial charge in [0.2, 0.25) is 0 Å². The van der Waals surface area contributed by atoms with Gasteiger partial charge in [-0.1, -0.05) is 15.9 Å². The minimum absolute atomic E-state index is 0.0632. The number of carboxylic acid groups (broad SMARTS) is 1. The third-order valence-electron chi connectivity index (χ3n) is 2.65. The van der Waals surface area contributed by atoms with Crippen molar-refractivity contribution in [3.05, 3.63) is 28.7 Å². The molecule has 0 saturated carbocycles. The highest BCUT2D eigenvalue weighted by atomic mass is 79.9. The Hall–Kier alpha value is -1.12. The number of rotatable bonds is 2. The molecular weight excluding hydrogens is 324 g/mol. The van der Waals surface area contributed by atoms with Gasteiger partial charge in [0.25, 0.3) is 0 Å². The van der Waals surface area contributed by atoms with Crippen LogP contribution in [0.4, 0.5) is 5.69 Å². The molecule has 0 bridgehead atoms. The third kappa shape index (κ3) is 2.65. The molecule has 1 aromatic rings. The Balaban J connectivity index is 2.33. The number of carbonyl (C=O) groups is 1. The predicted molar refractivity (Wildman–Crippen MR) is 69.5 cm³/mol. The molecule has 1 fully saturated rings. The van der Waals surface area contributed by atoms with E-state index in [4.69, 9.17) is 5.11 Å². The van der Waals surface area contributed by atoms with Gasteiger partial charge in [0.15, 0.2) is 0 Å². The highest BCUT2D eigenvalue weighted by Crippen LogP contribution is 2.23. The lowest BCUT2D eigenvalue weighted by atomic mass is 10.1. The van der Waals surface area contributed by atoms with Crippen molar-refractivity contribution in [2.75, 3.05) is 17.4 Å². The molecule has 1 aromatic carbocycles. The molecule has 0 spiro atoms. The first kappa shape index (κ1) is 13.3. The molecule has 1 atom stereocenters. The van der Waals surface area contributed by atoms with Crippen molar-refractivity contribution in [2.24, 2.45) is 5.92 Å². The van der Waals surface area contributed by atoms with Crippen molar-refractivity contribution < 1.29 is 18.3 Å². The van der Waals surface area contributed by atoms with E-state index in [1.165, 1.54) is 0 Å². The Labute approximate surface area is 113 Å². The molecule has 2 rings (SSSR count). The summed E-state index contributed by atoms with van der Waals surface area (Å²) in [4.78, 5) is 10.9. The van der Waals surface area contributed by atoms with E-state index in [1.807, 2.05) is 0 Å². The van der Waals surface area contributed by atoms with Crippen molar-refractivity contribution in [3.8, 4) is 0 Å². The maximum Gasteiger partial charge on any atom is 0.309 e. The number of hydrogen-bond donors (Lipinski definition) is 2. The van der Waals surface area contributed by atoms with Crippen molar-refractivity contribution >= 4 is 37.8 Å². The average molecular weight is 335 g/mol. The van der Waals surface area contributed by atoms with Crippen LogP contribution in [0.25, 0.3) is 0 Å². The fourth-order valence-corrected chi connectivity index (χ4v) is 3.27. The number of anilines is 1. The molecule has 1 aliphatic rings. The zero-order chi connectivity index (χ0) is 13.3. The van der Waals surface area contributed by atoms with E-state index in [-0.39, 0.29) is 13.1 Å². The van der Waals surface area contributed by atoms with E-state index in [0.29, 0.717) is 5.69 Å². The summed E-state index contributed by atoms with van der Waals surface area (Å²) in [6, 6.07) is 6.64. The van der Waals surface area contributed by atoms with Crippen LogP contribution in [-0.4, -0.2) is 32.6 Å². The molecule has 1 heterocycles. The zero-order valence-electron chi connectivity index (χ0n) is 9.21. The average Bonchev–Trinajstić information content (AvgIpc) is 2.30. The second kappa shape index (κ2) is 4.87. The fourth-order valence-electron chi connectivity index (χ4n) is 1.66. The normalized spacial score (nSPS) is 22.7. The molecule has 6 nitrogen and oxygen atoms in total. The van der Waals surface area contributed by atoms with Crippen molar-refractivity contribution in [3.63, 3.8) is 0 Å². The van der Waals surface area contributed by atoms with Crippen LogP contribution in [0.15, 0.2) is 28.7 Å². The summed E-state index contributed by atoms with van der Waals surface area (Å²) in [6.45, 7) is -0.142. The number of hydrogen-bond acceptors (Lipinski definition) is 3. The number of carboxylic acids is 1.